The fourth-order valence-corrected chi connectivity index (χ4v) is 2.81. The minimum absolute atomic E-state index is 0.0296. The number of carbonyl (C=O) groups is 2. The van der Waals surface area contributed by atoms with E-state index < -0.39 is 5.41 Å². The molecule has 0 aromatic carbocycles. The second kappa shape index (κ2) is 7.48. The van der Waals surface area contributed by atoms with Gasteiger partial charge in [-0.3, -0.25) is 9.59 Å². The third kappa shape index (κ3) is 3.93. The van der Waals surface area contributed by atoms with Gasteiger partial charge in [-0.25, -0.2) is 0 Å². The van der Waals surface area contributed by atoms with Crippen LogP contribution in [0.15, 0.2) is 0 Å². The molecule has 0 aromatic heterocycles. The van der Waals surface area contributed by atoms with Crippen LogP contribution in [0.25, 0.3) is 0 Å². The molecule has 0 unspecified atom stereocenters. The fourth-order valence-electron chi connectivity index (χ4n) is 2.81. The second-order valence-corrected chi connectivity index (χ2v) is 5.35. The van der Waals surface area contributed by atoms with Crippen LogP contribution in [0.2, 0.25) is 0 Å². The molecular weight excluding hydrogens is 244 g/mol. The van der Waals surface area contributed by atoms with E-state index in [9.17, 15) is 9.59 Å². The highest BCUT2D eigenvalue weighted by molar-refractivity contribution is 5.86. The number of nitrogens with two attached hydrogens (primary N) is 1. The molecule has 2 N–H and O–H groups in total. The maximum Gasteiger partial charge on any atom is 0.325 e. The summed E-state index contributed by atoms with van der Waals surface area (Å²) in [5.41, 5.74) is 5.42. The Hall–Kier alpha value is -1.10. The van der Waals surface area contributed by atoms with Gasteiger partial charge in [0.2, 0.25) is 5.91 Å². The van der Waals surface area contributed by atoms with Crippen molar-refractivity contribution in [1.29, 1.82) is 0 Å². The van der Waals surface area contributed by atoms with Crippen LogP contribution in [0.1, 0.15) is 45.4 Å². The third-order valence-electron chi connectivity index (χ3n) is 3.98. The molecule has 1 aliphatic rings. The van der Waals surface area contributed by atoms with Gasteiger partial charge in [0.25, 0.3) is 0 Å². The zero-order valence-corrected chi connectivity index (χ0v) is 12.1. The van der Waals surface area contributed by atoms with E-state index in [0.717, 1.165) is 32.1 Å². The van der Waals surface area contributed by atoms with Crippen molar-refractivity contribution in [3.63, 3.8) is 0 Å². The quantitative estimate of drug-likeness (QED) is 0.739. The second-order valence-electron chi connectivity index (χ2n) is 5.35. The van der Waals surface area contributed by atoms with Crippen molar-refractivity contribution in [2.75, 3.05) is 26.7 Å². The van der Waals surface area contributed by atoms with E-state index in [2.05, 4.69) is 4.74 Å². The van der Waals surface area contributed by atoms with Gasteiger partial charge < -0.3 is 15.4 Å². The van der Waals surface area contributed by atoms with Gasteiger partial charge in [-0.05, 0) is 19.3 Å². The molecule has 0 spiro atoms. The van der Waals surface area contributed by atoms with Crippen molar-refractivity contribution in [2.45, 2.75) is 45.4 Å². The number of ether oxygens (including phenoxy) is 1. The summed E-state index contributed by atoms with van der Waals surface area (Å²) in [4.78, 5) is 25.8. The Labute approximate surface area is 115 Å². The van der Waals surface area contributed by atoms with Gasteiger partial charge in [-0.2, -0.15) is 0 Å². The van der Waals surface area contributed by atoms with Crippen molar-refractivity contribution in [1.82, 2.24) is 4.90 Å². The Morgan fingerprint density at radius 2 is 1.89 bits per heavy atom. The molecule has 1 amide bonds. The molecule has 1 rings (SSSR count). The maximum atomic E-state index is 12.7. The molecule has 5 heteroatoms. The lowest BCUT2D eigenvalue weighted by Crippen LogP contribution is -2.50. The molecule has 0 heterocycles. The summed E-state index contributed by atoms with van der Waals surface area (Å²) in [5.74, 6) is -0.341. The molecule has 0 bridgehead atoms. The van der Waals surface area contributed by atoms with Gasteiger partial charge in [0.05, 0.1) is 12.5 Å². The highest BCUT2D eigenvalue weighted by atomic mass is 16.5. The van der Waals surface area contributed by atoms with Gasteiger partial charge >= 0.3 is 5.97 Å². The summed E-state index contributed by atoms with van der Waals surface area (Å²) in [6.07, 6.45) is 5.75. The topological polar surface area (TPSA) is 72.6 Å². The number of hydrogen-bond acceptors (Lipinski definition) is 4. The zero-order valence-electron chi connectivity index (χ0n) is 12.1. The van der Waals surface area contributed by atoms with Crippen LogP contribution in [0.5, 0.6) is 0 Å². The van der Waals surface area contributed by atoms with Crippen LogP contribution >= 0.6 is 0 Å². The summed E-state index contributed by atoms with van der Waals surface area (Å²) in [5, 5.41) is 0. The van der Waals surface area contributed by atoms with Crippen LogP contribution in [0, 0.1) is 5.41 Å². The summed E-state index contributed by atoms with van der Waals surface area (Å²) < 4.78 is 4.67. The third-order valence-corrected chi connectivity index (χ3v) is 3.98. The van der Waals surface area contributed by atoms with E-state index in [-0.39, 0.29) is 18.4 Å². The van der Waals surface area contributed by atoms with Crippen LogP contribution in [-0.2, 0) is 14.3 Å². The predicted molar refractivity (Wildman–Crippen MR) is 73.5 cm³/mol. The maximum absolute atomic E-state index is 12.7. The first-order valence-electron chi connectivity index (χ1n) is 7.16. The standard InChI is InChI=1S/C14H26N2O3/c1-3-9-16(10-12(17)19-2)13(18)14(11-15)7-5-4-6-8-14/h3-11,15H2,1-2H3. The first-order chi connectivity index (χ1) is 9.09. The van der Waals surface area contributed by atoms with E-state index in [1.165, 1.54) is 13.5 Å². The Morgan fingerprint density at radius 3 is 2.37 bits per heavy atom. The highest BCUT2D eigenvalue weighted by Gasteiger charge is 2.41. The van der Waals surface area contributed by atoms with Crippen molar-refractivity contribution in [3.05, 3.63) is 0 Å². The van der Waals surface area contributed by atoms with Gasteiger partial charge in [-0.15, -0.1) is 0 Å². The van der Waals surface area contributed by atoms with E-state index in [4.69, 9.17) is 5.73 Å². The van der Waals surface area contributed by atoms with Crippen LogP contribution in [0.3, 0.4) is 0 Å². The monoisotopic (exact) mass is 270 g/mol. The molecule has 0 saturated heterocycles. The fraction of sp³-hybridized carbons (Fsp3) is 0.857. The Balaban J connectivity index is 2.80. The summed E-state index contributed by atoms with van der Waals surface area (Å²) in [6, 6.07) is 0. The first kappa shape index (κ1) is 16.0. The molecule has 1 saturated carbocycles. The van der Waals surface area contributed by atoms with Crippen molar-refractivity contribution in [2.24, 2.45) is 11.1 Å². The molecule has 1 fully saturated rings. The van der Waals surface area contributed by atoms with Crippen LogP contribution in [0.4, 0.5) is 0 Å². The lowest BCUT2D eigenvalue weighted by Gasteiger charge is -2.38. The normalized spacial score (nSPS) is 17.8. The van der Waals surface area contributed by atoms with Crippen molar-refractivity contribution in [3.8, 4) is 0 Å². The Kier molecular flexibility index (Phi) is 6.28. The van der Waals surface area contributed by atoms with E-state index in [1.807, 2.05) is 6.92 Å². The number of esters is 1. The molecule has 0 aromatic rings. The number of carbonyl (C=O) groups excluding carboxylic acids is 2. The van der Waals surface area contributed by atoms with E-state index >= 15 is 0 Å². The van der Waals surface area contributed by atoms with Gasteiger partial charge in [0.15, 0.2) is 0 Å². The number of amides is 1. The minimum atomic E-state index is -0.457. The molecule has 5 nitrogen and oxygen atoms in total. The van der Waals surface area contributed by atoms with Crippen molar-refractivity contribution >= 4 is 11.9 Å². The zero-order chi connectivity index (χ0) is 14.3. The number of rotatable bonds is 6. The van der Waals surface area contributed by atoms with Crippen LogP contribution in [-0.4, -0.2) is 43.5 Å². The number of methoxy groups -OCH3 is 1. The number of nitrogens with zero attached hydrogens (tertiary/aromatic N) is 1. The Bertz CT molecular complexity index is 312. The van der Waals surface area contributed by atoms with Gasteiger partial charge in [-0.1, -0.05) is 26.2 Å². The largest absolute Gasteiger partial charge is 0.468 e. The lowest BCUT2D eigenvalue weighted by molar-refractivity contribution is -0.152. The Morgan fingerprint density at radius 1 is 1.26 bits per heavy atom. The summed E-state index contributed by atoms with van der Waals surface area (Å²) >= 11 is 0. The predicted octanol–water partition coefficient (Wildman–Crippen LogP) is 1.31. The molecule has 0 aliphatic heterocycles. The average molecular weight is 270 g/mol. The van der Waals surface area contributed by atoms with Gasteiger partial charge in [0.1, 0.15) is 6.54 Å². The molecule has 0 radical (unpaired) electrons. The van der Waals surface area contributed by atoms with Crippen LogP contribution < -0.4 is 5.73 Å². The minimum Gasteiger partial charge on any atom is -0.468 e. The smallest absolute Gasteiger partial charge is 0.325 e. The molecule has 110 valence electrons. The van der Waals surface area contributed by atoms with Crippen molar-refractivity contribution < 1.29 is 14.3 Å². The molecular formula is C14H26N2O3. The summed E-state index contributed by atoms with van der Waals surface area (Å²) in [7, 11) is 1.34. The molecule has 0 atom stereocenters. The molecule has 19 heavy (non-hydrogen) atoms. The van der Waals surface area contributed by atoms with E-state index in [0.29, 0.717) is 13.1 Å². The number of hydrogen-bond donors (Lipinski definition) is 1. The SMILES string of the molecule is CCCN(CC(=O)OC)C(=O)C1(CN)CCCCC1. The lowest BCUT2D eigenvalue weighted by atomic mass is 9.73. The van der Waals surface area contributed by atoms with E-state index in [1.54, 1.807) is 4.90 Å². The first-order valence-corrected chi connectivity index (χ1v) is 7.16. The summed E-state index contributed by atoms with van der Waals surface area (Å²) in [6.45, 7) is 2.97. The van der Waals surface area contributed by atoms with Gasteiger partial charge in [0, 0.05) is 13.1 Å². The average Bonchev–Trinajstić information content (AvgIpc) is 2.46. The molecule has 1 aliphatic carbocycles. The highest BCUT2D eigenvalue weighted by Crippen LogP contribution is 2.37.